The predicted octanol–water partition coefficient (Wildman–Crippen LogP) is 4.57. The summed E-state index contributed by atoms with van der Waals surface area (Å²) in [4.78, 5) is 4.36. The van der Waals surface area contributed by atoms with Gasteiger partial charge >= 0.3 is 0 Å². The minimum absolute atomic E-state index is 0.374. The molecule has 29 heavy (non-hydrogen) atoms. The topological polar surface area (TPSA) is 92.5 Å². The number of hydrogen-bond donors (Lipinski definition) is 2. The van der Waals surface area contributed by atoms with Crippen LogP contribution >= 0.6 is 11.6 Å². The number of anilines is 2. The number of hydrogen-bond acceptors (Lipinski definition) is 5. The van der Waals surface area contributed by atoms with E-state index in [0.717, 1.165) is 35.2 Å². The Morgan fingerprint density at radius 1 is 1.14 bits per heavy atom. The number of halogens is 1. The quantitative estimate of drug-likeness (QED) is 0.461. The van der Waals surface area contributed by atoms with Gasteiger partial charge in [0.25, 0.3) is 0 Å². The Bertz CT molecular complexity index is 1190. The highest BCUT2D eigenvalue weighted by atomic mass is 35.5. The summed E-state index contributed by atoms with van der Waals surface area (Å²) in [6.45, 7) is 0.727. The molecule has 7 heteroatoms. The fraction of sp³-hybridized carbons (Fsp3) is 0.136. The van der Waals surface area contributed by atoms with Gasteiger partial charge in [-0.05, 0) is 49.2 Å². The normalized spacial score (nSPS) is 10.8. The molecule has 0 aliphatic rings. The molecule has 3 N–H and O–H groups in total. The van der Waals surface area contributed by atoms with Gasteiger partial charge in [-0.25, -0.2) is 4.68 Å². The standard InChI is InChI=1S/C22H19ClN6/c23-15-8-9-17-19(10-12-27-21(17)13-15)26-11-4-7-20-18(14-24)22(25)29(28-20)16-5-2-1-3-6-16/h1-3,5-6,8-10,12-13H,4,7,11,25H2,(H,26,27). The van der Waals surface area contributed by atoms with Crippen molar-refractivity contribution in [2.24, 2.45) is 0 Å². The largest absolute Gasteiger partial charge is 0.384 e. The number of aromatic nitrogens is 3. The van der Waals surface area contributed by atoms with Gasteiger partial charge in [-0.2, -0.15) is 10.4 Å². The van der Waals surface area contributed by atoms with Crippen molar-refractivity contribution in [2.45, 2.75) is 12.8 Å². The van der Waals surface area contributed by atoms with E-state index in [1.54, 1.807) is 10.9 Å². The molecule has 144 valence electrons. The number of fused-ring (bicyclic) bond motifs is 1. The van der Waals surface area contributed by atoms with E-state index in [-0.39, 0.29) is 0 Å². The summed E-state index contributed by atoms with van der Waals surface area (Å²) in [6.07, 6.45) is 3.21. The molecule has 4 aromatic rings. The molecule has 2 aromatic carbocycles. The number of para-hydroxylation sites is 1. The number of benzene rings is 2. The van der Waals surface area contributed by atoms with Gasteiger partial charge in [-0.3, -0.25) is 4.98 Å². The Labute approximate surface area is 173 Å². The molecule has 0 amide bonds. The summed E-state index contributed by atoms with van der Waals surface area (Å²) in [5.74, 6) is 0.374. The van der Waals surface area contributed by atoms with Crippen molar-refractivity contribution in [1.82, 2.24) is 14.8 Å². The summed E-state index contributed by atoms with van der Waals surface area (Å²) in [5.41, 5.74) is 10.0. The van der Waals surface area contributed by atoms with Gasteiger partial charge < -0.3 is 11.1 Å². The molecule has 0 saturated heterocycles. The molecule has 0 fully saturated rings. The van der Waals surface area contributed by atoms with Gasteiger partial charge in [0.05, 0.1) is 16.9 Å². The zero-order valence-corrected chi connectivity index (χ0v) is 16.4. The van der Waals surface area contributed by atoms with Crippen molar-refractivity contribution in [3.8, 4) is 11.8 Å². The van der Waals surface area contributed by atoms with Crippen molar-refractivity contribution in [1.29, 1.82) is 5.26 Å². The zero-order valence-electron chi connectivity index (χ0n) is 15.6. The Balaban J connectivity index is 1.46. The maximum atomic E-state index is 9.52. The van der Waals surface area contributed by atoms with Crippen LogP contribution in [0.2, 0.25) is 5.02 Å². The molecule has 0 aliphatic carbocycles. The van der Waals surface area contributed by atoms with E-state index in [1.807, 2.05) is 54.6 Å². The molecule has 2 heterocycles. The highest BCUT2D eigenvalue weighted by Crippen LogP contribution is 2.25. The lowest BCUT2D eigenvalue weighted by molar-refractivity contribution is 0.791. The number of pyridine rings is 1. The lowest BCUT2D eigenvalue weighted by Crippen LogP contribution is -2.05. The predicted molar refractivity (Wildman–Crippen MR) is 116 cm³/mol. The summed E-state index contributed by atoms with van der Waals surface area (Å²) in [7, 11) is 0. The average molecular weight is 403 g/mol. The van der Waals surface area contributed by atoms with Gasteiger partial charge in [-0.15, -0.1) is 0 Å². The molecule has 0 saturated carbocycles. The van der Waals surface area contributed by atoms with Crippen molar-refractivity contribution in [2.75, 3.05) is 17.6 Å². The lowest BCUT2D eigenvalue weighted by atomic mass is 10.1. The average Bonchev–Trinajstić information content (AvgIpc) is 3.06. The first-order chi connectivity index (χ1) is 14.2. The van der Waals surface area contributed by atoms with E-state index in [1.165, 1.54) is 0 Å². The fourth-order valence-electron chi connectivity index (χ4n) is 3.30. The van der Waals surface area contributed by atoms with E-state index in [2.05, 4.69) is 21.5 Å². The van der Waals surface area contributed by atoms with Gasteiger partial charge in [0.1, 0.15) is 17.5 Å². The summed E-state index contributed by atoms with van der Waals surface area (Å²) >= 11 is 6.05. The number of nitrogens with two attached hydrogens (primary N) is 1. The second kappa shape index (κ2) is 8.21. The van der Waals surface area contributed by atoms with E-state index < -0.39 is 0 Å². The van der Waals surface area contributed by atoms with E-state index in [0.29, 0.717) is 28.5 Å². The maximum Gasteiger partial charge on any atom is 0.145 e. The van der Waals surface area contributed by atoms with Crippen LogP contribution in [0.5, 0.6) is 0 Å². The summed E-state index contributed by atoms with van der Waals surface area (Å²) in [5, 5.41) is 19.2. The molecule has 0 atom stereocenters. The second-order valence-corrected chi connectivity index (χ2v) is 7.05. The Kier molecular flexibility index (Phi) is 5.32. The van der Waals surface area contributed by atoms with Gasteiger partial charge in [0, 0.05) is 28.8 Å². The van der Waals surface area contributed by atoms with Crippen LogP contribution in [0.25, 0.3) is 16.6 Å². The van der Waals surface area contributed by atoms with Crippen LogP contribution in [-0.4, -0.2) is 21.3 Å². The molecule has 0 aliphatic heterocycles. The number of nitriles is 1. The van der Waals surface area contributed by atoms with Crippen molar-refractivity contribution >= 4 is 34.0 Å². The van der Waals surface area contributed by atoms with Crippen LogP contribution in [0.15, 0.2) is 60.8 Å². The first-order valence-corrected chi connectivity index (χ1v) is 9.66. The van der Waals surface area contributed by atoms with Crippen molar-refractivity contribution in [3.05, 3.63) is 77.1 Å². The Morgan fingerprint density at radius 2 is 1.97 bits per heavy atom. The first kappa shape index (κ1) is 18.8. The van der Waals surface area contributed by atoms with Crippen LogP contribution in [-0.2, 0) is 6.42 Å². The lowest BCUT2D eigenvalue weighted by Gasteiger charge is -2.09. The fourth-order valence-corrected chi connectivity index (χ4v) is 3.46. The molecule has 0 unspecified atom stereocenters. The third kappa shape index (κ3) is 3.86. The Morgan fingerprint density at radius 3 is 2.76 bits per heavy atom. The van der Waals surface area contributed by atoms with E-state index in [4.69, 9.17) is 17.3 Å². The second-order valence-electron chi connectivity index (χ2n) is 6.62. The van der Waals surface area contributed by atoms with Gasteiger partial charge in [0.15, 0.2) is 0 Å². The number of nitrogens with zero attached hydrogens (tertiary/aromatic N) is 4. The van der Waals surface area contributed by atoms with Gasteiger partial charge in [0.2, 0.25) is 0 Å². The van der Waals surface area contributed by atoms with Crippen molar-refractivity contribution in [3.63, 3.8) is 0 Å². The smallest absolute Gasteiger partial charge is 0.145 e. The van der Waals surface area contributed by atoms with Crippen LogP contribution in [0.4, 0.5) is 11.5 Å². The van der Waals surface area contributed by atoms with E-state index in [9.17, 15) is 5.26 Å². The summed E-state index contributed by atoms with van der Waals surface area (Å²) in [6, 6.07) is 19.4. The van der Waals surface area contributed by atoms with Crippen LogP contribution in [0.1, 0.15) is 17.7 Å². The molecule has 0 spiro atoms. The minimum Gasteiger partial charge on any atom is -0.384 e. The molecular formula is C22H19ClN6. The molecule has 6 nitrogen and oxygen atoms in total. The maximum absolute atomic E-state index is 9.52. The number of rotatable bonds is 6. The minimum atomic E-state index is 0.374. The first-order valence-electron chi connectivity index (χ1n) is 9.28. The number of aryl methyl sites for hydroxylation is 1. The zero-order chi connectivity index (χ0) is 20.2. The summed E-state index contributed by atoms with van der Waals surface area (Å²) < 4.78 is 1.63. The Hall–Kier alpha value is -3.56. The molecule has 0 bridgehead atoms. The van der Waals surface area contributed by atoms with Crippen LogP contribution < -0.4 is 11.1 Å². The molecule has 2 aromatic heterocycles. The third-order valence-corrected chi connectivity index (χ3v) is 4.95. The van der Waals surface area contributed by atoms with E-state index >= 15 is 0 Å². The molecular weight excluding hydrogens is 384 g/mol. The van der Waals surface area contributed by atoms with Crippen molar-refractivity contribution < 1.29 is 0 Å². The van der Waals surface area contributed by atoms with Gasteiger partial charge in [-0.1, -0.05) is 29.8 Å². The molecule has 4 rings (SSSR count). The SMILES string of the molecule is N#Cc1c(CCCNc2ccnc3cc(Cl)ccc23)nn(-c2ccccc2)c1N. The number of nitrogen functional groups attached to an aromatic ring is 1. The highest BCUT2D eigenvalue weighted by Gasteiger charge is 2.16. The monoisotopic (exact) mass is 402 g/mol. The highest BCUT2D eigenvalue weighted by molar-refractivity contribution is 6.31. The third-order valence-electron chi connectivity index (χ3n) is 4.72. The van der Waals surface area contributed by atoms with Crippen LogP contribution in [0, 0.1) is 11.3 Å². The molecule has 0 radical (unpaired) electrons. The van der Waals surface area contributed by atoms with Crippen LogP contribution in [0.3, 0.4) is 0 Å². The number of nitrogens with one attached hydrogen (secondary N) is 1.